The molecular weight excluding hydrogens is 170 g/mol. The number of hydrogen-bond acceptors (Lipinski definition) is 3. The molecule has 0 radical (unpaired) electrons. The van der Waals surface area contributed by atoms with Crippen molar-refractivity contribution in [1.29, 1.82) is 0 Å². The van der Waals surface area contributed by atoms with Gasteiger partial charge < -0.3 is 10.1 Å². The van der Waals surface area contributed by atoms with Gasteiger partial charge in [0.05, 0.1) is 6.54 Å². The van der Waals surface area contributed by atoms with Crippen molar-refractivity contribution in [3.63, 3.8) is 0 Å². The molecule has 0 saturated carbocycles. The van der Waals surface area contributed by atoms with E-state index in [-0.39, 0.29) is 12.5 Å². The fourth-order valence-electron chi connectivity index (χ4n) is 0.582. The molecule has 0 aliphatic carbocycles. The first-order chi connectivity index (χ1) is 6.07. The number of nitrogens with one attached hydrogen (secondary N) is 1. The molecule has 0 heterocycles. The normalized spacial score (nSPS) is 9.08. The largest absolute Gasteiger partial charge is 0.460 e. The topological polar surface area (TPSA) is 55.4 Å². The third-order valence-electron chi connectivity index (χ3n) is 1.33. The van der Waals surface area contributed by atoms with E-state index in [9.17, 15) is 9.59 Å². The zero-order chi connectivity index (χ0) is 10.3. The monoisotopic (exact) mass is 185 g/mol. The molecule has 0 aromatic heterocycles. The highest BCUT2D eigenvalue weighted by Crippen LogP contribution is 1.90. The number of esters is 1. The van der Waals surface area contributed by atoms with Gasteiger partial charge in [0, 0.05) is 12.0 Å². The lowest BCUT2D eigenvalue weighted by Gasteiger charge is -2.04. The zero-order valence-corrected chi connectivity index (χ0v) is 8.05. The Balaban J connectivity index is 3.41. The maximum atomic E-state index is 10.8. The first kappa shape index (κ1) is 11.7. The summed E-state index contributed by atoms with van der Waals surface area (Å²) < 4.78 is 4.75. The summed E-state index contributed by atoms with van der Waals surface area (Å²) in [5.41, 5.74) is 0.363. The van der Waals surface area contributed by atoms with E-state index in [1.165, 1.54) is 0 Å². The van der Waals surface area contributed by atoms with E-state index in [0.29, 0.717) is 18.5 Å². The molecule has 13 heavy (non-hydrogen) atoms. The van der Waals surface area contributed by atoms with E-state index < -0.39 is 5.97 Å². The number of carbonyl (C=O) groups is 2. The summed E-state index contributed by atoms with van der Waals surface area (Å²) in [4.78, 5) is 21.5. The minimum absolute atomic E-state index is 0.0497. The van der Waals surface area contributed by atoms with Gasteiger partial charge in [-0.05, 0) is 6.92 Å². The van der Waals surface area contributed by atoms with Gasteiger partial charge in [0.1, 0.15) is 6.61 Å². The molecule has 0 atom stereocenters. The van der Waals surface area contributed by atoms with Gasteiger partial charge in [-0.25, -0.2) is 4.79 Å². The molecule has 0 aliphatic heterocycles. The lowest BCUT2D eigenvalue weighted by Crippen LogP contribution is -2.27. The predicted octanol–water partition coefficient (Wildman–Crippen LogP) is 0.632. The highest BCUT2D eigenvalue weighted by Gasteiger charge is 2.02. The minimum Gasteiger partial charge on any atom is -0.460 e. The van der Waals surface area contributed by atoms with Crippen molar-refractivity contribution in [2.24, 2.45) is 0 Å². The molecule has 0 saturated heterocycles. The number of amides is 1. The average molecular weight is 185 g/mol. The van der Waals surface area contributed by atoms with Crippen molar-refractivity contribution in [3.8, 4) is 0 Å². The van der Waals surface area contributed by atoms with Crippen LogP contribution in [0, 0.1) is 0 Å². The standard InChI is InChI=1S/C9H15NO3/c1-4-8(11)10-5-6-13-9(12)7(2)3/h2,4-6H2,1,3H3,(H,10,11). The Morgan fingerprint density at radius 1 is 1.46 bits per heavy atom. The summed E-state index contributed by atoms with van der Waals surface area (Å²) >= 11 is 0. The molecule has 0 unspecified atom stereocenters. The summed E-state index contributed by atoms with van der Waals surface area (Å²) in [6, 6.07) is 0. The molecule has 4 nitrogen and oxygen atoms in total. The van der Waals surface area contributed by atoms with Gasteiger partial charge in [-0.1, -0.05) is 13.5 Å². The highest BCUT2D eigenvalue weighted by molar-refractivity contribution is 5.86. The van der Waals surface area contributed by atoms with Crippen LogP contribution in [-0.2, 0) is 14.3 Å². The second kappa shape index (κ2) is 6.22. The predicted molar refractivity (Wildman–Crippen MR) is 49.1 cm³/mol. The van der Waals surface area contributed by atoms with Gasteiger partial charge in [-0.2, -0.15) is 0 Å². The van der Waals surface area contributed by atoms with Crippen molar-refractivity contribution in [3.05, 3.63) is 12.2 Å². The van der Waals surface area contributed by atoms with Crippen molar-refractivity contribution >= 4 is 11.9 Å². The highest BCUT2D eigenvalue weighted by atomic mass is 16.5. The van der Waals surface area contributed by atoms with Gasteiger partial charge >= 0.3 is 5.97 Å². The molecule has 0 aromatic carbocycles. The summed E-state index contributed by atoms with van der Waals surface area (Å²) in [5, 5.41) is 2.58. The van der Waals surface area contributed by atoms with Crippen LogP contribution in [0.15, 0.2) is 12.2 Å². The first-order valence-electron chi connectivity index (χ1n) is 4.17. The van der Waals surface area contributed by atoms with Crippen molar-refractivity contribution in [2.45, 2.75) is 20.3 Å². The van der Waals surface area contributed by atoms with Crippen LogP contribution in [0.1, 0.15) is 20.3 Å². The van der Waals surface area contributed by atoms with Gasteiger partial charge in [-0.3, -0.25) is 4.79 Å². The Morgan fingerprint density at radius 2 is 2.08 bits per heavy atom. The summed E-state index contributed by atoms with van der Waals surface area (Å²) in [5.74, 6) is -0.475. The third-order valence-corrected chi connectivity index (χ3v) is 1.33. The van der Waals surface area contributed by atoms with Gasteiger partial charge in [0.15, 0.2) is 0 Å². The fraction of sp³-hybridized carbons (Fsp3) is 0.556. The minimum atomic E-state index is -0.425. The summed E-state index contributed by atoms with van der Waals surface area (Å²) in [6.45, 7) is 7.30. The van der Waals surface area contributed by atoms with Crippen LogP contribution in [0.2, 0.25) is 0 Å². The van der Waals surface area contributed by atoms with E-state index in [1.54, 1.807) is 13.8 Å². The van der Waals surface area contributed by atoms with Crippen molar-refractivity contribution in [2.75, 3.05) is 13.2 Å². The Morgan fingerprint density at radius 3 is 2.54 bits per heavy atom. The number of rotatable bonds is 5. The van der Waals surface area contributed by atoms with Crippen LogP contribution in [0.25, 0.3) is 0 Å². The Hall–Kier alpha value is -1.32. The molecule has 0 spiro atoms. The number of carbonyl (C=O) groups excluding carboxylic acids is 2. The molecule has 4 heteroatoms. The zero-order valence-electron chi connectivity index (χ0n) is 8.05. The summed E-state index contributed by atoms with van der Waals surface area (Å²) in [7, 11) is 0. The number of ether oxygens (including phenoxy) is 1. The second-order valence-corrected chi connectivity index (χ2v) is 2.62. The average Bonchev–Trinajstić information content (AvgIpc) is 2.11. The molecule has 0 aliphatic rings. The molecule has 0 aromatic rings. The SMILES string of the molecule is C=C(C)C(=O)OCCNC(=O)CC. The van der Waals surface area contributed by atoms with E-state index >= 15 is 0 Å². The van der Waals surface area contributed by atoms with Gasteiger partial charge in [0.2, 0.25) is 5.91 Å². The van der Waals surface area contributed by atoms with Crippen molar-refractivity contribution < 1.29 is 14.3 Å². The quantitative estimate of drug-likeness (QED) is 0.388. The van der Waals surface area contributed by atoms with Crippen LogP contribution in [-0.4, -0.2) is 25.0 Å². The van der Waals surface area contributed by atoms with E-state index in [4.69, 9.17) is 4.74 Å². The first-order valence-corrected chi connectivity index (χ1v) is 4.17. The third kappa shape index (κ3) is 5.90. The fourth-order valence-corrected chi connectivity index (χ4v) is 0.582. The van der Waals surface area contributed by atoms with Crippen LogP contribution >= 0.6 is 0 Å². The summed E-state index contributed by atoms with van der Waals surface area (Å²) in [6.07, 6.45) is 0.439. The molecule has 1 amide bonds. The molecule has 0 bridgehead atoms. The maximum Gasteiger partial charge on any atom is 0.333 e. The molecule has 74 valence electrons. The van der Waals surface area contributed by atoms with Gasteiger partial charge in [-0.15, -0.1) is 0 Å². The van der Waals surface area contributed by atoms with Crippen LogP contribution in [0.3, 0.4) is 0 Å². The molecular formula is C9H15NO3. The molecule has 1 N–H and O–H groups in total. The van der Waals surface area contributed by atoms with Gasteiger partial charge in [0.25, 0.3) is 0 Å². The lowest BCUT2D eigenvalue weighted by atomic mass is 10.4. The number of hydrogen-bond donors (Lipinski definition) is 1. The maximum absolute atomic E-state index is 10.8. The smallest absolute Gasteiger partial charge is 0.333 e. The lowest BCUT2D eigenvalue weighted by molar-refractivity contribution is -0.139. The van der Waals surface area contributed by atoms with Crippen LogP contribution in [0.5, 0.6) is 0 Å². The molecule has 0 rings (SSSR count). The second-order valence-electron chi connectivity index (χ2n) is 2.62. The Labute approximate surface area is 78.0 Å². The van der Waals surface area contributed by atoms with Crippen LogP contribution < -0.4 is 5.32 Å². The molecule has 0 fully saturated rings. The Kier molecular flexibility index (Phi) is 5.59. The van der Waals surface area contributed by atoms with Crippen LogP contribution in [0.4, 0.5) is 0 Å². The van der Waals surface area contributed by atoms with E-state index in [0.717, 1.165) is 0 Å². The van der Waals surface area contributed by atoms with Crippen molar-refractivity contribution in [1.82, 2.24) is 5.32 Å². The van der Waals surface area contributed by atoms with E-state index in [1.807, 2.05) is 0 Å². The Bertz CT molecular complexity index is 211. The van der Waals surface area contributed by atoms with E-state index in [2.05, 4.69) is 11.9 Å².